The lowest BCUT2D eigenvalue weighted by molar-refractivity contribution is -0.384. The number of rotatable bonds is 6. The molecular weight excluding hydrogens is 434 g/mol. The predicted molar refractivity (Wildman–Crippen MR) is 111 cm³/mol. The van der Waals surface area contributed by atoms with Gasteiger partial charge in [0.05, 0.1) is 9.40 Å². The molecule has 0 saturated carbocycles. The van der Waals surface area contributed by atoms with Crippen LogP contribution in [0.1, 0.15) is 18.1 Å². The van der Waals surface area contributed by atoms with Crippen molar-refractivity contribution in [3.63, 3.8) is 0 Å². The molecule has 2 aromatic rings. The molecule has 1 amide bonds. The standard InChI is InChI=1S/C18H18BrN3O4S/c1-3-12-5-7-16(14(19)8-12)26-10-17(23)21-18(27)20-15-9-13(22(24)25)6-4-11(15)2/h4-9H,3,10H2,1-2H3,(H2,20,21,23,27). The van der Waals surface area contributed by atoms with Gasteiger partial charge in [0.2, 0.25) is 0 Å². The summed E-state index contributed by atoms with van der Waals surface area (Å²) in [7, 11) is 0. The van der Waals surface area contributed by atoms with Crippen LogP contribution in [0.4, 0.5) is 11.4 Å². The van der Waals surface area contributed by atoms with Crippen molar-refractivity contribution in [2.45, 2.75) is 20.3 Å². The first-order valence-corrected chi connectivity index (χ1v) is 9.27. The minimum absolute atomic E-state index is 0.0348. The first-order valence-electron chi connectivity index (χ1n) is 8.07. The van der Waals surface area contributed by atoms with E-state index in [2.05, 4.69) is 26.6 Å². The van der Waals surface area contributed by atoms with E-state index in [1.165, 1.54) is 12.1 Å². The zero-order chi connectivity index (χ0) is 20.0. The minimum Gasteiger partial charge on any atom is -0.483 e. The number of nitro groups is 1. The lowest BCUT2D eigenvalue weighted by Gasteiger charge is -2.13. The zero-order valence-corrected chi connectivity index (χ0v) is 17.1. The predicted octanol–water partition coefficient (Wildman–Crippen LogP) is 4.12. The molecule has 2 aromatic carbocycles. The van der Waals surface area contributed by atoms with Gasteiger partial charge in [-0.3, -0.25) is 20.2 Å². The van der Waals surface area contributed by atoms with Crippen LogP contribution in [0.15, 0.2) is 40.9 Å². The minimum atomic E-state index is -0.498. The van der Waals surface area contributed by atoms with Crippen LogP contribution in [-0.4, -0.2) is 22.5 Å². The highest BCUT2D eigenvalue weighted by Crippen LogP contribution is 2.26. The number of amides is 1. The van der Waals surface area contributed by atoms with Crippen molar-refractivity contribution in [3.05, 3.63) is 62.1 Å². The van der Waals surface area contributed by atoms with Crippen molar-refractivity contribution in [1.29, 1.82) is 0 Å². The lowest BCUT2D eigenvalue weighted by Crippen LogP contribution is -2.37. The summed E-state index contributed by atoms with van der Waals surface area (Å²) >= 11 is 8.50. The SMILES string of the molecule is CCc1ccc(OCC(=O)NC(=S)Nc2cc([N+](=O)[O-])ccc2C)c(Br)c1. The summed E-state index contributed by atoms with van der Waals surface area (Å²) in [5.74, 6) is 0.109. The third-order valence-electron chi connectivity index (χ3n) is 3.70. The van der Waals surface area contributed by atoms with Gasteiger partial charge in [-0.15, -0.1) is 0 Å². The van der Waals surface area contributed by atoms with Gasteiger partial charge in [-0.1, -0.05) is 19.1 Å². The Labute approximate surface area is 170 Å². The molecule has 0 fully saturated rings. The second kappa shape index (κ2) is 9.43. The Morgan fingerprint density at radius 1 is 1.30 bits per heavy atom. The van der Waals surface area contributed by atoms with Crippen molar-refractivity contribution in [3.8, 4) is 5.75 Å². The molecule has 0 aromatic heterocycles. The fourth-order valence-electron chi connectivity index (χ4n) is 2.20. The number of hydrogen-bond acceptors (Lipinski definition) is 5. The molecule has 0 unspecified atom stereocenters. The van der Waals surface area contributed by atoms with Crippen LogP contribution in [0.25, 0.3) is 0 Å². The Bertz CT molecular complexity index is 889. The van der Waals surface area contributed by atoms with Crippen molar-refractivity contribution in [1.82, 2.24) is 5.32 Å². The molecule has 9 heteroatoms. The van der Waals surface area contributed by atoms with E-state index >= 15 is 0 Å². The molecule has 0 spiro atoms. The van der Waals surface area contributed by atoms with E-state index in [0.717, 1.165) is 22.0 Å². The fraction of sp³-hybridized carbons (Fsp3) is 0.222. The van der Waals surface area contributed by atoms with Crippen LogP contribution in [0, 0.1) is 17.0 Å². The van der Waals surface area contributed by atoms with Gasteiger partial charge in [-0.25, -0.2) is 0 Å². The van der Waals surface area contributed by atoms with Gasteiger partial charge in [0.15, 0.2) is 11.7 Å². The Morgan fingerprint density at radius 2 is 2.04 bits per heavy atom. The molecule has 27 heavy (non-hydrogen) atoms. The van der Waals surface area contributed by atoms with Crippen LogP contribution < -0.4 is 15.4 Å². The topological polar surface area (TPSA) is 93.5 Å². The van der Waals surface area contributed by atoms with E-state index in [1.54, 1.807) is 19.1 Å². The second-order valence-corrected chi connectivity index (χ2v) is 6.93. The third-order valence-corrected chi connectivity index (χ3v) is 4.52. The van der Waals surface area contributed by atoms with Gasteiger partial charge in [-0.2, -0.15) is 0 Å². The van der Waals surface area contributed by atoms with E-state index < -0.39 is 10.8 Å². The van der Waals surface area contributed by atoms with Gasteiger partial charge in [0, 0.05) is 17.8 Å². The highest BCUT2D eigenvalue weighted by molar-refractivity contribution is 9.10. The number of hydrogen-bond donors (Lipinski definition) is 2. The van der Waals surface area contributed by atoms with Crippen molar-refractivity contribution < 1.29 is 14.5 Å². The summed E-state index contributed by atoms with van der Waals surface area (Å²) in [4.78, 5) is 22.4. The molecule has 0 atom stereocenters. The van der Waals surface area contributed by atoms with Crippen LogP contribution in [-0.2, 0) is 11.2 Å². The smallest absolute Gasteiger partial charge is 0.271 e. The molecule has 2 rings (SSSR count). The number of halogens is 1. The number of nitro benzene ring substituents is 1. The van der Waals surface area contributed by atoms with E-state index in [0.29, 0.717) is 11.4 Å². The van der Waals surface area contributed by atoms with E-state index in [9.17, 15) is 14.9 Å². The summed E-state index contributed by atoms with van der Waals surface area (Å²) in [5.41, 5.74) is 2.29. The number of ether oxygens (including phenoxy) is 1. The molecule has 0 radical (unpaired) electrons. The number of non-ortho nitro benzene ring substituents is 1. The summed E-state index contributed by atoms with van der Waals surface area (Å²) in [6.07, 6.45) is 0.899. The maximum Gasteiger partial charge on any atom is 0.271 e. The molecule has 0 heterocycles. The average Bonchev–Trinajstić information content (AvgIpc) is 2.62. The summed E-state index contributed by atoms with van der Waals surface area (Å²) in [5, 5.41) is 16.2. The number of thiocarbonyl (C=S) groups is 1. The van der Waals surface area contributed by atoms with E-state index in [-0.39, 0.29) is 17.4 Å². The fourth-order valence-corrected chi connectivity index (χ4v) is 2.96. The number of benzene rings is 2. The van der Waals surface area contributed by atoms with Gasteiger partial charge >= 0.3 is 0 Å². The Kier molecular flexibility index (Phi) is 7.26. The Hall–Kier alpha value is -2.52. The van der Waals surface area contributed by atoms with Crippen LogP contribution in [0.3, 0.4) is 0 Å². The molecule has 2 N–H and O–H groups in total. The molecule has 142 valence electrons. The molecule has 0 saturated heterocycles. The molecule has 0 bridgehead atoms. The average molecular weight is 452 g/mol. The maximum absolute atomic E-state index is 12.0. The number of carbonyl (C=O) groups is 1. The number of nitrogens with one attached hydrogen (secondary N) is 2. The largest absolute Gasteiger partial charge is 0.483 e. The second-order valence-electron chi connectivity index (χ2n) is 5.67. The number of anilines is 1. The van der Waals surface area contributed by atoms with Crippen molar-refractivity contribution >= 4 is 50.5 Å². The molecule has 0 aliphatic heterocycles. The van der Waals surface area contributed by atoms with Gasteiger partial charge in [0.25, 0.3) is 11.6 Å². The normalized spacial score (nSPS) is 10.2. The summed E-state index contributed by atoms with van der Waals surface area (Å²) < 4.78 is 6.25. The van der Waals surface area contributed by atoms with Crippen molar-refractivity contribution in [2.24, 2.45) is 0 Å². The third kappa shape index (κ3) is 6.00. The number of nitrogens with zero attached hydrogens (tertiary/aromatic N) is 1. The van der Waals surface area contributed by atoms with Crippen LogP contribution in [0.2, 0.25) is 0 Å². The first-order chi connectivity index (χ1) is 12.8. The Morgan fingerprint density at radius 3 is 2.67 bits per heavy atom. The number of aryl methyl sites for hydroxylation is 2. The van der Waals surface area contributed by atoms with Crippen LogP contribution >= 0.6 is 28.1 Å². The zero-order valence-electron chi connectivity index (χ0n) is 14.7. The first kappa shape index (κ1) is 20.8. The summed E-state index contributed by atoms with van der Waals surface area (Å²) in [6.45, 7) is 3.60. The summed E-state index contributed by atoms with van der Waals surface area (Å²) in [6, 6.07) is 10.0. The van der Waals surface area contributed by atoms with E-state index in [4.69, 9.17) is 17.0 Å². The number of carbonyl (C=O) groups excluding carboxylic acids is 1. The monoisotopic (exact) mass is 451 g/mol. The van der Waals surface area contributed by atoms with Crippen molar-refractivity contribution in [2.75, 3.05) is 11.9 Å². The Balaban J connectivity index is 1.91. The molecule has 0 aliphatic rings. The maximum atomic E-state index is 12.0. The quantitative estimate of drug-likeness (QED) is 0.389. The van der Waals surface area contributed by atoms with Gasteiger partial charge in [0.1, 0.15) is 5.75 Å². The van der Waals surface area contributed by atoms with Gasteiger partial charge in [-0.05, 0) is 64.8 Å². The molecular formula is C18H18BrN3O4S. The van der Waals surface area contributed by atoms with E-state index in [1.807, 2.05) is 19.1 Å². The highest BCUT2D eigenvalue weighted by atomic mass is 79.9. The lowest BCUT2D eigenvalue weighted by atomic mass is 10.2. The molecule has 7 nitrogen and oxygen atoms in total. The van der Waals surface area contributed by atoms with Crippen LogP contribution in [0.5, 0.6) is 5.75 Å². The van der Waals surface area contributed by atoms with Gasteiger partial charge < -0.3 is 10.1 Å². The molecule has 0 aliphatic carbocycles. The highest BCUT2D eigenvalue weighted by Gasteiger charge is 2.12.